The molecule has 1 heterocycles. The molecular formula is C9H5FINO. The minimum Gasteiger partial charge on any atom is -0.327 e. The van der Waals surface area contributed by atoms with Crippen molar-refractivity contribution in [3.05, 3.63) is 44.1 Å². The number of aromatic amines is 1. The van der Waals surface area contributed by atoms with Gasteiger partial charge in [0.05, 0.1) is 5.39 Å². The fraction of sp³-hybridized carbons (Fsp3) is 0. The Morgan fingerprint density at radius 3 is 2.85 bits per heavy atom. The third kappa shape index (κ3) is 1.35. The van der Waals surface area contributed by atoms with Crippen LogP contribution in [0.4, 0.5) is 4.39 Å². The molecule has 1 aromatic carbocycles. The summed E-state index contributed by atoms with van der Waals surface area (Å²) in [6.45, 7) is 0. The monoisotopic (exact) mass is 289 g/mol. The minimum absolute atomic E-state index is 0.255. The molecule has 0 atom stereocenters. The number of hydrogen-bond acceptors (Lipinski definition) is 1. The van der Waals surface area contributed by atoms with Crippen molar-refractivity contribution in [2.45, 2.75) is 0 Å². The number of hydrogen-bond donors (Lipinski definition) is 1. The maximum Gasteiger partial charge on any atom is 0.255 e. The van der Waals surface area contributed by atoms with E-state index in [0.29, 0.717) is 14.3 Å². The number of fused-ring (bicyclic) bond motifs is 1. The van der Waals surface area contributed by atoms with E-state index in [4.69, 9.17) is 0 Å². The van der Waals surface area contributed by atoms with Crippen molar-refractivity contribution >= 4 is 33.4 Å². The van der Waals surface area contributed by atoms with Crippen molar-refractivity contribution in [3.8, 4) is 0 Å². The van der Waals surface area contributed by atoms with Crippen molar-refractivity contribution in [1.82, 2.24) is 4.98 Å². The molecule has 0 aliphatic rings. The van der Waals surface area contributed by atoms with Crippen molar-refractivity contribution in [3.63, 3.8) is 0 Å². The van der Waals surface area contributed by atoms with Gasteiger partial charge >= 0.3 is 0 Å². The van der Waals surface area contributed by atoms with Crippen LogP contribution in [0.5, 0.6) is 0 Å². The molecule has 2 aromatic rings. The third-order valence-electron chi connectivity index (χ3n) is 1.83. The van der Waals surface area contributed by atoms with Crippen molar-refractivity contribution < 1.29 is 4.39 Å². The van der Waals surface area contributed by atoms with Crippen LogP contribution in [-0.2, 0) is 0 Å². The summed E-state index contributed by atoms with van der Waals surface area (Å²) in [5, 5.41) is 0.791. The van der Waals surface area contributed by atoms with E-state index < -0.39 is 0 Å². The van der Waals surface area contributed by atoms with E-state index in [-0.39, 0.29) is 11.4 Å². The highest BCUT2D eigenvalue weighted by Crippen LogP contribution is 2.19. The summed E-state index contributed by atoms with van der Waals surface area (Å²) < 4.78 is 14.0. The Balaban J connectivity index is 3.09. The highest BCUT2D eigenvalue weighted by atomic mass is 127. The molecule has 0 saturated carbocycles. The van der Waals surface area contributed by atoms with Crippen LogP contribution >= 0.6 is 22.6 Å². The van der Waals surface area contributed by atoms with Gasteiger partial charge in [0.2, 0.25) is 0 Å². The molecule has 1 aromatic heterocycles. The van der Waals surface area contributed by atoms with Gasteiger partial charge in [0, 0.05) is 15.2 Å². The Labute approximate surface area is 86.9 Å². The number of nitrogens with one attached hydrogen (secondary N) is 1. The van der Waals surface area contributed by atoms with Crippen LogP contribution < -0.4 is 5.56 Å². The van der Waals surface area contributed by atoms with Crippen LogP contribution in [0.1, 0.15) is 0 Å². The largest absolute Gasteiger partial charge is 0.327 e. The van der Waals surface area contributed by atoms with Crippen LogP contribution in [0.25, 0.3) is 10.8 Å². The van der Waals surface area contributed by atoms with E-state index >= 15 is 0 Å². The number of rotatable bonds is 0. The molecule has 0 radical (unpaired) electrons. The Kier molecular flexibility index (Phi) is 2.07. The lowest BCUT2D eigenvalue weighted by Crippen LogP contribution is -2.06. The molecule has 66 valence electrons. The van der Waals surface area contributed by atoms with Gasteiger partial charge in [-0.1, -0.05) is 6.07 Å². The van der Waals surface area contributed by atoms with Crippen molar-refractivity contribution in [2.24, 2.45) is 0 Å². The van der Waals surface area contributed by atoms with Gasteiger partial charge in [-0.15, -0.1) is 0 Å². The summed E-state index contributed by atoms with van der Waals surface area (Å²) in [6, 6.07) is 4.49. The summed E-state index contributed by atoms with van der Waals surface area (Å²) in [5.41, 5.74) is -0.255. The molecule has 0 unspecified atom stereocenters. The van der Waals surface area contributed by atoms with E-state index in [0.717, 1.165) is 0 Å². The summed E-state index contributed by atoms with van der Waals surface area (Å²) in [6.07, 6.45) is 1.51. The van der Waals surface area contributed by atoms with Crippen molar-refractivity contribution in [1.29, 1.82) is 0 Å². The first-order valence-corrected chi connectivity index (χ1v) is 4.73. The Morgan fingerprint density at radius 2 is 2.15 bits per heavy atom. The topological polar surface area (TPSA) is 32.9 Å². The molecule has 0 saturated heterocycles. The van der Waals surface area contributed by atoms with Gasteiger partial charge < -0.3 is 4.98 Å². The smallest absolute Gasteiger partial charge is 0.255 e. The zero-order chi connectivity index (χ0) is 9.42. The zero-order valence-electron chi connectivity index (χ0n) is 6.47. The molecule has 0 aliphatic heterocycles. The van der Waals surface area contributed by atoms with Crippen LogP contribution in [-0.4, -0.2) is 4.98 Å². The van der Waals surface area contributed by atoms with Crippen LogP contribution in [0, 0.1) is 9.39 Å². The second kappa shape index (κ2) is 3.10. The SMILES string of the molecule is O=c1[nH]cc(I)c2c(F)cccc12. The molecule has 2 rings (SSSR count). The Morgan fingerprint density at radius 1 is 1.38 bits per heavy atom. The van der Waals surface area contributed by atoms with Crippen LogP contribution in [0.15, 0.2) is 29.2 Å². The molecule has 2 nitrogen and oxygen atoms in total. The van der Waals surface area contributed by atoms with Crippen LogP contribution in [0.3, 0.4) is 0 Å². The second-order valence-corrected chi connectivity index (χ2v) is 3.79. The molecule has 0 aliphatic carbocycles. The van der Waals surface area contributed by atoms with E-state index in [1.165, 1.54) is 18.3 Å². The highest BCUT2D eigenvalue weighted by molar-refractivity contribution is 14.1. The molecular weight excluding hydrogens is 284 g/mol. The molecule has 0 amide bonds. The van der Waals surface area contributed by atoms with Gasteiger partial charge in [0.25, 0.3) is 5.56 Å². The Bertz CT molecular complexity index is 512. The standard InChI is InChI=1S/C9H5FINO/c10-6-3-1-2-5-8(6)7(11)4-12-9(5)13/h1-4H,(H,12,13). The molecule has 0 bridgehead atoms. The first-order chi connectivity index (χ1) is 6.20. The maximum absolute atomic E-state index is 13.3. The summed E-state index contributed by atoms with van der Waals surface area (Å²) in [4.78, 5) is 13.8. The molecule has 13 heavy (non-hydrogen) atoms. The average Bonchev–Trinajstić information content (AvgIpc) is 2.12. The molecule has 0 spiro atoms. The fourth-order valence-electron chi connectivity index (χ4n) is 1.23. The number of benzene rings is 1. The number of halogens is 2. The lowest BCUT2D eigenvalue weighted by atomic mass is 10.2. The lowest BCUT2D eigenvalue weighted by Gasteiger charge is -1.99. The normalized spacial score (nSPS) is 10.6. The first kappa shape index (κ1) is 8.68. The van der Waals surface area contributed by atoms with Gasteiger partial charge in [-0.2, -0.15) is 0 Å². The van der Waals surface area contributed by atoms with Gasteiger partial charge in [-0.25, -0.2) is 4.39 Å². The molecule has 4 heteroatoms. The van der Waals surface area contributed by atoms with Gasteiger partial charge in [0.15, 0.2) is 0 Å². The van der Waals surface area contributed by atoms with Gasteiger partial charge in [0.1, 0.15) is 5.82 Å². The number of pyridine rings is 1. The van der Waals surface area contributed by atoms with E-state index in [9.17, 15) is 9.18 Å². The second-order valence-electron chi connectivity index (χ2n) is 2.63. The van der Waals surface area contributed by atoms with E-state index in [1.807, 2.05) is 22.6 Å². The summed E-state index contributed by atoms with van der Waals surface area (Å²) in [5.74, 6) is -0.354. The average molecular weight is 289 g/mol. The number of aromatic nitrogens is 1. The molecule has 0 fully saturated rings. The summed E-state index contributed by atoms with van der Waals surface area (Å²) >= 11 is 1.99. The third-order valence-corrected chi connectivity index (χ3v) is 2.68. The van der Waals surface area contributed by atoms with Gasteiger partial charge in [-0.3, -0.25) is 4.79 Å². The Hall–Kier alpha value is -0.910. The predicted octanol–water partition coefficient (Wildman–Crippen LogP) is 2.27. The quantitative estimate of drug-likeness (QED) is 0.741. The fourth-order valence-corrected chi connectivity index (χ4v) is 1.94. The van der Waals surface area contributed by atoms with Crippen molar-refractivity contribution in [2.75, 3.05) is 0 Å². The summed E-state index contributed by atoms with van der Waals surface area (Å²) in [7, 11) is 0. The van der Waals surface area contributed by atoms with Crippen LogP contribution in [0.2, 0.25) is 0 Å². The highest BCUT2D eigenvalue weighted by Gasteiger charge is 2.06. The van der Waals surface area contributed by atoms with Gasteiger partial charge in [-0.05, 0) is 34.7 Å². The maximum atomic E-state index is 13.3. The first-order valence-electron chi connectivity index (χ1n) is 3.65. The van der Waals surface area contributed by atoms with E-state index in [2.05, 4.69) is 4.98 Å². The zero-order valence-corrected chi connectivity index (χ0v) is 8.63. The minimum atomic E-state index is -0.354. The lowest BCUT2D eigenvalue weighted by molar-refractivity contribution is 0.639. The van der Waals surface area contributed by atoms with E-state index in [1.54, 1.807) is 6.07 Å². The number of H-pyrrole nitrogens is 1. The predicted molar refractivity (Wildman–Crippen MR) is 57.2 cm³/mol. The molecule has 1 N–H and O–H groups in total.